The first kappa shape index (κ1) is 29.2. The number of carbonyl (C=O) groups excluding carboxylic acids is 5. The third-order valence-corrected chi connectivity index (χ3v) is 4.47. The molecule has 1 unspecified atom stereocenters. The molecule has 0 aromatic carbocycles. The number of rotatable bonds is 4. The van der Waals surface area contributed by atoms with Gasteiger partial charge in [-0.3, -0.25) is 24.6 Å². The van der Waals surface area contributed by atoms with E-state index in [1.807, 2.05) is 0 Å². The largest absolute Gasteiger partial charge is 0.394 e. The van der Waals surface area contributed by atoms with E-state index in [9.17, 15) is 34.2 Å². The number of nitrogens with one attached hydrogen (secondary N) is 6. The van der Waals surface area contributed by atoms with Gasteiger partial charge in [-0.2, -0.15) is 0 Å². The van der Waals surface area contributed by atoms with Crippen LogP contribution in [0.25, 0.3) is 0 Å². The second-order valence-corrected chi connectivity index (χ2v) is 7.57. The first-order valence-electron chi connectivity index (χ1n) is 10.7. The molecule has 0 aromatic rings. The number of carbonyl (C=O) groups is 5. The maximum Gasteiger partial charge on any atom is 0.315 e. The number of amides is 5. The Balaban J connectivity index is 2.88. The zero-order chi connectivity index (χ0) is 25.5. The lowest BCUT2D eigenvalue weighted by Crippen LogP contribution is -2.58. The van der Waals surface area contributed by atoms with E-state index in [1.54, 1.807) is 0 Å². The van der Waals surface area contributed by atoms with Gasteiger partial charge >= 0.3 is 6.03 Å². The lowest BCUT2D eigenvalue weighted by atomic mass is 10.1. The highest BCUT2D eigenvalue weighted by atomic mass is 16.5. The molecule has 1 aliphatic rings. The molecule has 0 saturated carbocycles. The second kappa shape index (κ2) is 15.9. The van der Waals surface area contributed by atoms with Crippen molar-refractivity contribution in [2.24, 2.45) is 0 Å². The van der Waals surface area contributed by atoms with E-state index in [2.05, 4.69) is 32.1 Å². The highest BCUT2D eigenvalue weighted by Gasteiger charge is 2.26. The molecule has 0 radical (unpaired) electrons. The lowest BCUT2D eigenvalue weighted by molar-refractivity contribution is -0.134. The summed E-state index contributed by atoms with van der Waals surface area (Å²) in [6, 6.07) is -4.15. The monoisotopic (exact) mass is 490 g/mol. The predicted octanol–water partition coefficient (Wildman–Crippen LogP) is -4.36. The number of Topliss-reactive ketones (excluding diaryl/α,β-unsaturated/α-hetero) is 1. The maximum absolute atomic E-state index is 12.4. The zero-order valence-corrected chi connectivity index (χ0v) is 19.2. The Morgan fingerprint density at radius 3 is 2.41 bits per heavy atom. The highest BCUT2D eigenvalue weighted by molar-refractivity contribution is 5.88. The van der Waals surface area contributed by atoms with Gasteiger partial charge in [-0.25, -0.2) is 10.2 Å². The van der Waals surface area contributed by atoms with Crippen molar-refractivity contribution >= 4 is 29.5 Å². The molecule has 1 heterocycles. The van der Waals surface area contributed by atoms with Crippen LogP contribution in [-0.2, 0) is 28.7 Å². The van der Waals surface area contributed by atoms with Crippen LogP contribution in [0.5, 0.6) is 0 Å². The van der Waals surface area contributed by atoms with Gasteiger partial charge in [-0.15, -0.1) is 0 Å². The number of aliphatic hydroxyl groups is 2. The van der Waals surface area contributed by atoms with Crippen molar-refractivity contribution in [1.29, 1.82) is 0 Å². The minimum absolute atomic E-state index is 0.0625. The third-order valence-electron chi connectivity index (χ3n) is 4.47. The molecule has 4 atom stereocenters. The third kappa shape index (κ3) is 11.9. The quantitative estimate of drug-likeness (QED) is 0.189. The molecule has 1 rings (SSSR count). The van der Waals surface area contributed by atoms with Crippen LogP contribution < -0.4 is 32.1 Å². The normalized spacial score (nSPS) is 25.9. The van der Waals surface area contributed by atoms with Gasteiger partial charge in [0.1, 0.15) is 24.5 Å². The van der Waals surface area contributed by atoms with Gasteiger partial charge in [-0.1, -0.05) is 0 Å². The fraction of sp³-hybridized carbons (Fsp3) is 0.737. The van der Waals surface area contributed by atoms with Crippen molar-refractivity contribution in [3.05, 3.63) is 0 Å². The Morgan fingerprint density at radius 1 is 1.06 bits per heavy atom. The van der Waals surface area contributed by atoms with Crippen LogP contribution in [0.3, 0.4) is 0 Å². The van der Waals surface area contributed by atoms with Crippen LogP contribution >= 0.6 is 0 Å². The van der Waals surface area contributed by atoms with E-state index in [1.165, 1.54) is 13.8 Å². The van der Waals surface area contributed by atoms with Crippen LogP contribution in [0.15, 0.2) is 0 Å². The molecule has 0 aromatic heterocycles. The first-order valence-corrected chi connectivity index (χ1v) is 10.7. The van der Waals surface area contributed by atoms with E-state index < -0.39 is 54.6 Å². The van der Waals surface area contributed by atoms with Crippen LogP contribution in [0.2, 0.25) is 0 Å². The van der Waals surface area contributed by atoms with E-state index in [0.29, 0.717) is 0 Å². The minimum Gasteiger partial charge on any atom is -0.394 e. The summed E-state index contributed by atoms with van der Waals surface area (Å²) in [5.74, 6) is -2.30. The van der Waals surface area contributed by atoms with E-state index >= 15 is 0 Å². The van der Waals surface area contributed by atoms with Crippen molar-refractivity contribution in [3.63, 3.8) is 0 Å². The number of hydrogen-bond donors (Lipinski definition) is 8. The Hall–Kier alpha value is -2.85. The molecule has 15 heteroatoms. The van der Waals surface area contributed by atoms with E-state index in [-0.39, 0.29) is 51.7 Å². The summed E-state index contributed by atoms with van der Waals surface area (Å²) in [7, 11) is 0. The van der Waals surface area contributed by atoms with Gasteiger partial charge in [0, 0.05) is 19.5 Å². The summed E-state index contributed by atoms with van der Waals surface area (Å²) in [6.07, 6.45) is -1.33. The highest BCUT2D eigenvalue weighted by Crippen LogP contribution is 1.96. The standard InChI is InChI=1S/C19H34N6O9/c1-11(27)7-13-8-21-25-18(31)16(12(2)28)24-15(29)10-34-6-5-33-4-3-20-17(30)14(9-26)23-19(32)22-13/h12-14,16,21,26,28H,3-10H2,1-2H3,(H,20,30)(H,24,29)(H,25,31)(H2,22,23,32)/t12?,13-,14-,16-/m1/s1. The number of aliphatic hydroxyl groups excluding tert-OH is 2. The molecule has 1 fully saturated rings. The van der Waals surface area contributed by atoms with Crippen LogP contribution in [0.1, 0.15) is 20.3 Å². The molecule has 194 valence electrons. The smallest absolute Gasteiger partial charge is 0.315 e. The number of hydrogen-bond acceptors (Lipinski definition) is 10. The van der Waals surface area contributed by atoms with Gasteiger partial charge in [0.2, 0.25) is 11.8 Å². The summed E-state index contributed by atoms with van der Waals surface area (Å²) in [5, 5.41) is 28.9. The molecular formula is C19H34N6O9. The zero-order valence-electron chi connectivity index (χ0n) is 19.2. The maximum atomic E-state index is 12.4. The summed E-state index contributed by atoms with van der Waals surface area (Å²) in [6.45, 7) is 1.88. The van der Waals surface area contributed by atoms with Crippen molar-refractivity contribution in [1.82, 2.24) is 32.1 Å². The summed E-state index contributed by atoms with van der Waals surface area (Å²) < 4.78 is 10.4. The fourth-order valence-electron chi connectivity index (χ4n) is 2.81. The lowest BCUT2D eigenvalue weighted by Gasteiger charge is -2.23. The van der Waals surface area contributed by atoms with Crippen molar-refractivity contribution in [2.75, 3.05) is 46.1 Å². The molecule has 0 aliphatic carbocycles. The number of urea groups is 1. The van der Waals surface area contributed by atoms with Crippen LogP contribution in [0, 0.1) is 0 Å². The second-order valence-electron chi connectivity index (χ2n) is 7.57. The molecule has 0 bridgehead atoms. The number of ether oxygens (including phenoxy) is 2. The fourth-order valence-corrected chi connectivity index (χ4v) is 2.81. The minimum atomic E-state index is -1.29. The summed E-state index contributed by atoms with van der Waals surface area (Å²) in [4.78, 5) is 60.4. The van der Waals surface area contributed by atoms with Gasteiger partial charge in [0.05, 0.1) is 38.6 Å². The Bertz CT molecular complexity index is 706. The Kier molecular flexibility index (Phi) is 13.6. The molecule has 8 N–H and O–H groups in total. The topological polar surface area (TPSA) is 216 Å². The molecule has 1 aliphatic heterocycles. The molecule has 15 nitrogen and oxygen atoms in total. The SMILES string of the molecule is CC(=O)C[C@@H]1CNNC(=O)[C@@H](C(C)O)NC(=O)COCCOCCNC(=O)[C@@H](CO)NC(=O)N1. The van der Waals surface area contributed by atoms with Crippen LogP contribution in [-0.4, -0.2) is 110 Å². The summed E-state index contributed by atoms with van der Waals surface area (Å²) in [5.41, 5.74) is 4.84. The first-order chi connectivity index (χ1) is 16.1. The van der Waals surface area contributed by atoms with Gasteiger partial charge in [-0.05, 0) is 13.8 Å². The average molecular weight is 491 g/mol. The molecular weight excluding hydrogens is 456 g/mol. The number of ketones is 1. The molecule has 34 heavy (non-hydrogen) atoms. The average Bonchev–Trinajstić information content (AvgIpc) is 2.75. The Labute approximate surface area is 196 Å². The van der Waals surface area contributed by atoms with Gasteiger partial charge < -0.3 is 41.0 Å². The van der Waals surface area contributed by atoms with Crippen molar-refractivity contribution in [3.8, 4) is 0 Å². The van der Waals surface area contributed by atoms with Gasteiger partial charge in [0.15, 0.2) is 0 Å². The van der Waals surface area contributed by atoms with Gasteiger partial charge in [0.25, 0.3) is 5.91 Å². The van der Waals surface area contributed by atoms with E-state index in [0.717, 1.165) is 0 Å². The summed E-state index contributed by atoms with van der Waals surface area (Å²) >= 11 is 0. The van der Waals surface area contributed by atoms with Crippen LogP contribution in [0.4, 0.5) is 4.79 Å². The van der Waals surface area contributed by atoms with Crippen molar-refractivity contribution < 1.29 is 43.7 Å². The molecule has 1 saturated heterocycles. The molecule has 0 spiro atoms. The molecule has 5 amide bonds. The number of hydrazine groups is 1. The predicted molar refractivity (Wildman–Crippen MR) is 116 cm³/mol. The van der Waals surface area contributed by atoms with E-state index in [4.69, 9.17) is 9.47 Å². The Morgan fingerprint density at radius 2 is 1.76 bits per heavy atom. The van der Waals surface area contributed by atoms with Crippen molar-refractivity contribution in [2.45, 2.75) is 44.5 Å².